The van der Waals surface area contributed by atoms with Crippen molar-refractivity contribution in [2.75, 3.05) is 0 Å². The first-order valence-electron chi connectivity index (χ1n) is 8.33. The molecule has 0 bridgehead atoms. The highest BCUT2D eigenvalue weighted by atomic mass is 35.5. The van der Waals surface area contributed by atoms with Crippen LogP contribution in [0.25, 0.3) is 0 Å². The van der Waals surface area contributed by atoms with E-state index in [0.29, 0.717) is 11.4 Å². The topological polar surface area (TPSA) is 62.3 Å². The predicted molar refractivity (Wildman–Crippen MR) is 98.6 cm³/mol. The highest BCUT2D eigenvalue weighted by Gasteiger charge is 2.51. The van der Waals surface area contributed by atoms with Crippen LogP contribution in [0.5, 0.6) is 0 Å². The number of benzene rings is 1. The van der Waals surface area contributed by atoms with E-state index in [-0.39, 0.29) is 18.5 Å². The van der Waals surface area contributed by atoms with Gasteiger partial charge in [-0.1, -0.05) is 37.6 Å². The smallest absolute Gasteiger partial charge is 0.319 e. The largest absolute Gasteiger partial charge is 0.325 e. The number of hydrogen-bond donors (Lipinski definition) is 1. The molecule has 1 aliphatic heterocycles. The lowest BCUT2D eigenvalue weighted by molar-refractivity contribution is -0.132. The molecule has 0 aliphatic carbocycles. The molecular formula is C18H20ClN3O2S. The van der Waals surface area contributed by atoms with E-state index < -0.39 is 5.54 Å². The Morgan fingerprint density at radius 3 is 2.60 bits per heavy atom. The molecule has 25 heavy (non-hydrogen) atoms. The molecule has 1 aromatic carbocycles. The number of halogens is 1. The maximum Gasteiger partial charge on any atom is 0.325 e. The maximum absolute atomic E-state index is 13.1. The third-order valence-electron chi connectivity index (χ3n) is 4.43. The third-order valence-corrected chi connectivity index (χ3v) is 5.64. The van der Waals surface area contributed by atoms with Crippen LogP contribution < -0.4 is 5.32 Å². The number of aryl methyl sites for hydroxylation is 1. The summed E-state index contributed by atoms with van der Waals surface area (Å²) >= 11 is 7.51. The lowest BCUT2D eigenvalue weighted by atomic mass is 9.87. The molecular weight excluding hydrogens is 358 g/mol. The van der Waals surface area contributed by atoms with E-state index in [1.807, 2.05) is 12.3 Å². The molecule has 1 fully saturated rings. The molecule has 1 N–H and O–H groups in total. The Bertz CT molecular complexity index is 790. The molecule has 1 unspecified atom stereocenters. The zero-order chi connectivity index (χ0) is 18.0. The van der Waals surface area contributed by atoms with Gasteiger partial charge in [0.15, 0.2) is 0 Å². The Kier molecular flexibility index (Phi) is 5.11. The van der Waals surface area contributed by atoms with Crippen LogP contribution in [0.2, 0.25) is 5.02 Å². The van der Waals surface area contributed by atoms with Gasteiger partial charge in [-0.2, -0.15) is 0 Å². The average molecular weight is 378 g/mol. The minimum Gasteiger partial charge on any atom is -0.319 e. The Morgan fingerprint density at radius 2 is 1.96 bits per heavy atom. The van der Waals surface area contributed by atoms with Crippen molar-refractivity contribution in [1.29, 1.82) is 0 Å². The number of urea groups is 1. The second-order valence-corrected chi connectivity index (χ2v) is 7.45. The van der Waals surface area contributed by atoms with Crippen LogP contribution in [0.3, 0.4) is 0 Å². The SMILES string of the molecule is CCCc1nc(CN2C(=O)NC(CC)(c3ccc(Cl)cc3)C2=O)cs1. The van der Waals surface area contributed by atoms with Gasteiger partial charge in [-0.15, -0.1) is 11.3 Å². The minimum absolute atomic E-state index is 0.195. The molecule has 2 aromatic rings. The molecule has 1 aliphatic rings. The fourth-order valence-electron chi connectivity index (χ4n) is 3.06. The summed E-state index contributed by atoms with van der Waals surface area (Å²) in [7, 11) is 0. The summed E-state index contributed by atoms with van der Waals surface area (Å²) in [6, 6.07) is 6.65. The van der Waals surface area contributed by atoms with Gasteiger partial charge >= 0.3 is 6.03 Å². The van der Waals surface area contributed by atoms with Crippen LogP contribution in [-0.4, -0.2) is 21.8 Å². The van der Waals surface area contributed by atoms with Crippen LogP contribution >= 0.6 is 22.9 Å². The van der Waals surface area contributed by atoms with Crippen molar-refractivity contribution in [3.05, 3.63) is 50.9 Å². The number of amides is 3. The molecule has 132 valence electrons. The number of carbonyl (C=O) groups is 2. The van der Waals surface area contributed by atoms with Crippen molar-refractivity contribution < 1.29 is 9.59 Å². The molecule has 7 heteroatoms. The van der Waals surface area contributed by atoms with Crippen molar-refractivity contribution in [3.8, 4) is 0 Å². The zero-order valence-corrected chi connectivity index (χ0v) is 15.8. The summed E-state index contributed by atoms with van der Waals surface area (Å²) in [5.74, 6) is -0.243. The fraction of sp³-hybridized carbons (Fsp3) is 0.389. The molecule has 0 saturated carbocycles. The summed E-state index contributed by atoms with van der Waals surface area (Å²) in [6.45, 7) is 4.18. The van der Waals surface area contributed by atoms with E-state index in [2.05, 4.69) is 17.2 Å². The molecule has 2 heterocycles. The Morgan fingerprint density at radius 1 is 1.24 bits per heavy atom. The number of carbonyl (C=O) groups excluding carboxylic acids is 2. The molecule has 0 radical (unpaired) electrons. The minimum atomic E-state index is -1.04. The third kappa shape index (κ3) is 3.28. The van der Waals surface area contributed by atoms with Crippen LogP contribution in [0.4, 0.5) is 4.79 Å². The molecule has 1 saturated heterocycles. The first kappa shape index (κ1) is 17.9. The first-order chi connectivity index (χ1) is 12.0. The lowest BCUT2D eigenvalue weighted by Crippen LogP contribution is -2.43. The van der Waals surface area contributed by atoms with Crippen LogP contribution in [0, 0.1) is 0 Å². The number of rotatable bonds is 6. The molecule has 3 amide bonds. The summed E-state index contributed by atoms with van der Waals surface area (Å²) < 4.78 is 0. The molecule has 3 rings (SSSR count). The van der Waals surface area contributed by atoms with Gasteiger partial charge in [0.05, 0.1) is 17.2 Å². The van der Waals surface area contributed by atoms with E-state index in [0.717, 1.165) is 29.1 Å². The quantitative estimate of drug-likeness (QED) is 0.770. The van der Waals surface area contributed by atoms with Crippen LogP contribution in [0.1, 0.15) is 43.0 Å². The van der Waals surface area contributed by atoms with Gasteiger partial charge in [0.1, 0.15) is 5.54 Å². The second kappa shape index (κ2) is 7.14. The summed E-state index contributed by atoms with van der Waals surface area (Å²) in [6.07, 6.45) is 2.40. The van der Waals surface area contributed by atoms with Gasteiger partial charge in [-0.05, 0) is 37.0 Å². The van der Waals surface area contributed by atoms with E-state index in [9.17, 15) is 9.59 Å². The number of thiazole rings is 1. The number of nitrogens with zero attached hydrogens (tertiary/aromatic N) is 2. The summed E-state index contributed by atoms with van der Waals surface area (Å²) in [5.41, 5.74) is 0.453. The van der Waals surface area contributed by atoms with Gasteiger partial charge in [-0.3, -0.25) is 9.69 Å². The zero-order valence-electron chi connectivity index (χ0n) is 14.2. The number of imide groups is 1. The van der Waals surface area contributed by atoms with Gasteiger partial charge in [0.25, 0.3) is 5.91 Å². The Hall–Kier alpha value is -1.92. The van der Waals surface area contributed by atoms with Gasteiger partial charge in [0.2, 0.25) is 0 Å². The summed E-state index contributed by atoms with van der Waals surface area (Å²) in [4.78, 5) is 31.3. The van der Waals surface area contributed by atoms with E-state index in [1.54, 1.807) is 35.6 Å². The number of nitrogens with one attached hydrogen (secondary N) is 1. The Balaban J connectivity index is 1.86. The van der Waals surface area contributed by atoms with Gasteiger partial charge < -0.3 is 5.32 Å². The van der Waals surface area contributed by atoms with Crippen LogP contribution in [-0.2, 0) is 23.3 Å². The average Bonchev–Trinajstić information content (AvgIpc) is 3.14. The van der Waals surface area contributed by atoms with E-state index in [4.69, 9.17) is 11.6 Å². The van der Waals surface area contributed by atoms with Crippen molar-refractivity contribution in [3.63, 3.8) is 0 Å². The van der Waals surface area contributed by atoms with Crippen LogP contribution in [0.15, 0.2) is 29.6 Å². The summed E-state index contributed by atoms with van der Waals surface area (Å²) in [5, 5.41) is 6.42. The maximum atomic E-state index is 13.1. The Labute approximate surface area is 156 Å². The highest BCUT2D eigenvalue weighted by molar-refractivity contribution is 7.09. The second-order valence-electron chi connectivity index (χ2n) is 6.07. The predicted octanol–water partition coefficient (Wildman–Crippen LogP) is 4.11. The molecule has 1 aromatic heterocycles. The lowest BCUT2D eigenvalue weighted by Gasteiger charge is -2.25. The standard InChI is InChI=1S/C18H20ClN3O2S/c1-3-5-15-20-14(11-25-15)10-22-16(23)18(4-2,21-17(22)24)12-6-8-13(19)9-7-12/h6-9,11H,3-5,10H2,1-2H3,(H,21,24). The molecule has 1 atom stereocenters. The van der Waals surface area contributed by atoms with Gasteiger partial charge in [0, 0.05) is 10.4 Å². The van der Waals surface area contributed by atoms with Crippen molar-refractivity contribution in [2.45, 2.75) is 45.2 Å². The first-order valence-corrected chi connectivity index (χ1v) is 9.59. The van der Waals surface area contributed by atoms with E-state index in [1.165, 1.54) is 4.90 Å². The highest BCUT2D eigenvalue weighted by Crippen LogP contribution is 2.33. The molecule has 5 nitrogen and oxygen atoms in total. The number of hydrogen-bond acceptors (Lipinski definition) is 4. The van der Waals surface area contributed by atoms with Gasteiger partial charge in [-0.25, -0.2) is 9.78 Å². The van der Waals surface area contributed by atoms with Crippen molar-refractivity contribution in [2.24, 2.45) is 0 Å². The number of aromatic nitrogens is 1. The van der Waals surface area contributed by atoms with Crippen molar-refractivity contribution in [1.82, 2.24) is 15.2 Å². The van der Waals surface area contributed by atoms with Crippen molar-refractivity contribution >= 4 is 34.9 Å². The normalized spacial score (nSPS) is 20.2. The van der Waals surface area contributed by atoms with E-state index >= 15 is 0 Å². The fourth-order valence-corrected chi connectivity index (χ4v) is 4.07. The monoisotopic (exact) mass is 377 g/mol. The molecule has 0 spiro atoms.